The highest BCUT2D eigenvalue weighted by molar-refractivity contribution is 6.31. The molecule has 0 saturated carbocycles. The van der Waals surface area contributed by atoms with Gasteiger partial charge in [-0.2, -0.15) is 4.39 Å². The third kappa shape index (κ3) is 4.39. The van der Waals surface area contributed by atoms with E-state index in [0.29, 0.717) is 24.1 Å². The summed E-state index contributed by atoms with van der Waals surface area (Å²) in [5.41, 5.74) is 2.11. The molecule has 0 spiro atoms. The van der Waals surface area contributed by atoms with Crippen LogP contribution in [0.1, 0.15) is 29.4 Å². The lowest BCUT2D eigenvalue weighted by atomic mass is 9.99. The molecule has 0 fully saturated rings. The first kappa shape index (κ1) is 20.9. The molecule has 1 amide bonds. The molecule has 1 aromatic carbocycles. The fraction of sp³-hybridized carbons (Fsp3) is 0.182. The molecule has 3 heterocycles. The third-order valence-electron chi connectivity index (χ3n) is 5.02. The molecule has 158 valence electrons. The first-order valence-corrected chi connectivity index (χ1v) is 9.95. The van der Waals surface area contributed by atoms with E-state index in [4.69, 9.17) is 11.6 Å². The minimum absolute atomic E-state index is 0.0533. The summed E-state index contributed by atoms with van der Waals surface area (Å²) in [6, 6.07) is 11.2. The van der Waals surface area contributed by atoms with Crippen molar-refractivity contribution in [3.63, 3.8) is 0 Å². The Morgan fingerprint density at radius 2 is 1.90 bits per heavy atom. The zero-order valence-corrected chi connectivity index (χ0v) is 17.3. The number of aromatic nitrogens is 3. The Kier molecular flexibility index (Phi) is 5.90. The van der Waals surface area contributed by atoms with Gasteiger partial charge in [-0.3, -0.25) is 4.79 Å². The van der Waals surface area contributed by atoms with Crippen LogP contribution < -0.4 is 10.2 Å². The van der Waals surface area contributed by atoms with E-state index in [1.165, 1.54) is 18.3 Å². The molecule has 0 aliphatic carbocycles. The standard InChI is InChI=1S/C22H18ClF2N5O/c1-13-9-11-30(21-16(24)8-5-10-26-21)12-15(13)17-18(23)28-20(19(25)27-17)29-22(31)14-6-3-2-4-7-14/h2-8,10H,9,11-12H2,1H3,(H,28,29,31). The summed E-state index contributed by atoms with van der Waals surface area (Å²) >= 11 is 6.32. The van der Waals surface area contributed by atoms with Crippen molar-refractivity contribution in [3.05, 3.63) is 82.4 Å². The molecule has 6 nitrogen and oxygen atoms in total. The Bertz CT molecular complexity index is 1170. The second-order valence-electron chi connectivity index (χ2n) is 7.06. The Balaban J connectivity index is 1.61. The molecule has 0 atom stereocenters. The second-order valence-corrected chi connectivity index (χ2v) is 7.42. The van der Waals surface area contributed by atoms with E-state index in [-0.39, 0.29) is 29.0 Å². The van der Waals surface area contributed by atoms with Gasteiger partial charge in [0, 0.05) is 24.8 Å². The molecule has 1 aliphatic rings. The van der Waals surface area contributed by atoms with Crippen LogP contribution in [-0.2, 0) is 0 Å². The average molecular weight is 442 g/mol. The minimum atomic E-state index is -0.954. The van der Waals surface area contributed by atoms with Gasteiger partial charge in [0.25, 0.3) is 11.9 Å². The van der Waals surface area contributed by atoms with Crippen molar-refractivity contribution in [1.82, 2.24) is 15.0 Å². The lowest BCUT2D eigenvalue weighted by Gasteiger charge is -2.31. The summed E-state index contributed by atoms with van der Waals surface area (Å²) in [7, 11) is 0. The first-order chi connectivity index (χ1) is 14.9. The van der Waals surface area contributed by atoms with Gasteiger partial charge in [-0.05, 0) is 43.2 Å². The van der Waals surface area contributed by atoms with Crippen molar-refractivity contribution in [2.45, 2.75) is 13.3 Å². The van der Waals surface area contributed by atoms with Crippen LogP contribution in [-0.4, -0.2) is 33.9 Å². The molecule has 2 aromatic heterocycles. The van der Waals surface area contributed by atoms with Crippen molar-refractivity contribution in [2.24, 2.45) is 0 Å². The SMILES string of the molecule is CC1=C(c2nc(F)c(NC(=O)c3ccccc3)nc2Cl)CN(c2ncccc2F)CC1. The number of amides is 1. The first-order valence-electron chi connectivity index (χ1n) is 9.58. The van der Waals surface area contributed by atoms with Gasteiger partial charge in [0.1, 0.15) is 5.69 Å². The zero-order chi connectivity index (χ0) is 22.0. The van der Waals surface area contributed by atoms with Gasteiger partial charge in [0.2, 0.25) is 0 Å². The smallest absolute Gasteiger partial charge is 0.256 e. The minimum Gasteiger partial charge on any atom is -0.349 e. The lowest BCUT2D eigenvalue weighted by Crippen LogP contribution is -2.32. The number of nitrogens with zero attached hydrogens (tertiary/aromatic N) is 4. The van der Waals surface area contributed by atoms with Crippen LogP contribution in [0.4, 0.5) is 20.4 Å². The summed E-state index contributed by atoms with van der Waals surface area (Å²) in [4.78, 5) is 26.1. The summed E-state index contributed by atoms with van der Waals surface area (Å²) < 4.78 is 28.9. The Hall–Kier alpha value is -3.39. The average Bonchev–Trinajstić information content (AvgIpc) is 2.77. The number of carbonyl (C=O) groups excluding carboxylic acids is 1. The van der Waals surface area contributed by atoms with Crippen LogP contribution in [0, 0.1) is 11.8 Å². The van der Waals surface area contributed by atoms with Gasteiger partial charge in [-0.25, -0.2) is 19.3 Å². The summed E-state index contributed by atoms with van der Waals surface area (Å²) in [6.07, 6.45) is 2.12. The van der Waals surface area contributed by atoms with E-state index in [9.17, 15) is 13.6 Å². The molecule has 4 rings (SSSR count). The highest BCUT2D eigenvalue weighted by Crippen LogP contribution is 2.32. The van der Waals surface area contributed by atoms with Crippen molar-refractivity contribution < 1.29 is 13.6 Å². The van der Waals surface area contributed by atoms with Crippen LogP contribution in [0.5, 0.6) is 0 Å². The maximum Gasteiger partial charge on any atom is 0.256 e. The Labute approximate surface area is 182 Å². The van der Waals surface area contributed by atoms with Gasteiger partial charge in [-0.1, -0.05) is 35.4 Å². The highest BCUT2D eigenvalue weighted by Gasteiger charge is 2.25. The van der Waals surface area contributed by atoms with Crippen LogP contribution in [0.15, 0.2) is 54.2 Å². The second kappa shape index (κ2) is 8.77. The fourth-order valence-electron chi connectivity index (χ4n) is 3.36. The quantitative estimate of drug-likeness (QED) is 0.633. The number of nitrogens with one attached hydrogen (secondary N) is 1. The van der Waals surface area contributed by atoms with E-state index < -0.39 is 17.7 Å². The van der Waals surface area contributed by atoms with E-state index in [1.54, 1.807) is 35.2 Å². The highest BCUT2D eigenvalue weighted by atomic mass is 35.5. The summed E-state index contributed by atoms with van der Waals surface area (Å²) in [5, 5.41) is 2.34. The topological polar surface area (TPSA) is 71.0 Å². The number of benzene rings is 1. The fourth-order valence-corrected chi connectivity index (χ4v) is 3.60. The van der Waals surface area contributed by atoms with Crippen molar-refractivity contribution in [2.75, 3.05) is 23.3 Å². The van der Waals surface area contributed by atoms with Gasteiger partial charge in [-0.15, -0.1) is 0 Å². The molecule has 9 heteroatoms. The monoisotopic (exact) mass is 441 g/mol. The normalized spacial score (nSPS) is 14.0. The number of hydrogen-bond acceptors (Lipinski definition) is 5. The Morgan fingerprint density at radius 3 is 2.65 bits per heavy atom. The van der Waals surface area contributed by atoms with Crippen LogP contribution in [0.2, 0.25) is 5.15 Å². The molecule has 0 radical (unpaired) electrons. The van der Waals surface area contributed by atoms with E-state index >= 15 is 0 Å². The summed E-state index contributed by atoms with van der Waals surface area (Å²) in [5.74, 6) is -2.07. The van der Waals surface area contributed by atoms with Crippen molar-refractivity contribution in [1.29, 1.82) is 0 Å². The number of halogens is 3. The van der Waals surface area contributed by atoms with Crippen LogP contribution >= 0.6 is 11.6 Å². The molecule has 0 unspecified atom stereocenters. The Morgan fingerprint density at radius 1 is 1.13 bits per heavy atom. The van der Waals surface area contributed by atoms with Crippen LogP contribution in [0.3, 0.4) is 0 Å². The molecule has 0 bridgehead atoms. The maximum absolute atomic E-state index is 14.7. The molecule has 1 aliphatic heterocycles. The third-order valence-corrected chi connectivity index (χ3v) is 5.29. The largest absolute Gasteiger partial charge is 0.349 e. The van der Waals surface area contributed by atoms with Gasteiger partial charge < -0.3 is 10.2 Å². The predicted molar refractivity (Wildman–Crippen MR) is 115 cm³/mol. The van der Waals surface area contributed by atoms with Gasteiger partial charge >= 0.3 is 0 Å². The lowest BCUT2D eigenvalue weighted by molar-refractivity contribution is 0.102. The number of anilines is 2. The predicted octanol–water partition coefficient (Wildman–Crippen LogP) is 4.74. The van der Waals surface area contributed by atoms with E-state index in [1.807, 2.05) is 6.92 Å². The molecular formula is C22H18ClF2N5O. The molecular weight excluding hydrogens is 424 g/mol. The van der Waals surface area contributed by atoms with Gasteiger partial charge in [0.05, 0.1) is 0 Å². The number of hydrogen-bond donors (Lipinski definition) is 1. The zero-order valence-electron chi connectivity index (χ0n) is 16.6. The molecule has 31 heavy (non-hydrogen) atoms. The van der Waals surface area contributed by atoms with Crippen molar-refractivity contribution >= 4 is 34.7 Å². The van der Waals surface area contributed by atoms with Crippen molar-refractivity contribution in [3.8, 4) is 0 Å². The molecule has 0 saturated heterocycles. The molecule has 3 aromatic rings. The van der Waals surface area contributed by atoms with E-state index in [2.05, 4.69) is 20.3 Å². The van der Waals surface area contributed by atoms with Crippen LogP contribution in [0.25, 0.3) is 5.57 Å². The summed E-state index contributed by atoms with van der Waals surface area (Å²) in [6.45, 7) is 2.70. The number of pyridine rings is 1. The number of rotatable bonds is 4. The maximum atomic E-state index is 14.7. The number of carbonyl (C=O) groups is 1. The molecule has 1 N–H and O–H groups in total. The van der Waals surface area contributed by atoms with Gasteiger partial charge in [0.15, 0.2) is 22.6 Å². The van der Waals surface area contributed by atoms with E-state index in [0.717, 1.165) is 5.57 Å².